The number of anilines is 2. The first kappa shape index (κ1) is 22.6. The standard InChI is InChI=1S/C28H33N5OS/c35-28-30-26(25-8-4-5-14-29-25)27(21-13-15-32(20-21)22-6-2-1-3-7-22)33(28)24-11-9-23(10-12-24)31-16-18-34-19-17-31/h4-5,8-15,20,22,26-27H,1-3,6-7,16-19H2,(H,30,35)/t26-,27-/m0/s1. The number of hydrogen-bond donors (Lipinski definition) is 1. The van der Waals surface area contributed by atoms with E-state index in [0.29, 0.717) is 6.04 Å². The molecule has 1 N–H and O–H groups in total. The van der Waals surface area contributed by atoms with Crippen molar-refractivity contribution >= 4 is 28.7 Å². The number of aromatic nitrogens is 2. The van der Waals surface area contributed by atoms with Crippen molar-refractivity contribution in [3.63, 3.8) is 0 Å². The molecule has 2 saturated heterocycles. The molecule has 1 aromatic carbocycles. The largest absolute Gasteiger partial charge is 0.378 e. The minimum Gasteiger partial charge on any atom is -0.378 e. The number of nitrogens with zero attached hydrogens (tertiary/aromatic N) is 4. The molecule has 3 fully saturated rings. The monoisotopic (exact) mass is 487 g/mol. The Bertz CT molecular complexity index is 1140. The third kappa shape index (κ3) is 4.55. The maximum atomic E-state index is 5.92. The minimum absolute atomic E-state index is 0.00942. The van der Waals surface area contributed by atoms with Gasteiger partial charge in [0.25, 0.3) is 0 Å². The first-order chi connectivity index (χ1) is 17.3. The van der Waals surface area contributed by atoms with E-state index < -0.39 is 0 Å². The Kier molecular flexibility index (Phi) is 6.44. The average Bonchev–Trinajstić information content (AvgIpc) is 3.55. The molecule has 0 amide bonds. The van der Waals surface area contributed by atoms with Gasteiger partial charge in [-0.05, 0) is 73.1 Å². The summed E-state index contributed by atoms with van der Waals surface area (Å²) >= 11 is 5.92. The zero-order valence-electron chi connectivity index (χ0n) is 20.1. The highest BCUT2D eigenvalue weighted by Crippen LogP contribution is 2.42. The first-order valence-electron chi connectivity index (χ1n) is 12.9. The fourth-order valence-corrected chi connectivity index (χ4v) is 6.18. The summed E-state index contributed by atoms with van der Waals surface area (Å²) in [6, 6.07) is 17.8. The van der Waals surface area contributed by atoms with Gasteiger partial charge in [0.2, 0.25) is 0 Å². The number of morpholine rings is 1. The van der Waals surface area contributed by atoms with Gasteiger partial charge in [0.05, 0.1) is 31.0 Å². The van der Waals surface area contributed by atoms with Crippen LogP contribution in [-0.2, 0) is 4.74 Å². The molecule has 2 aromatic heterocycles. The van der Waals surface area contributed by atoms with E-state index in [2.05, 4.69) is 74.5 Å². The minimum atomic E-state index is -0.00942. The van der Waals surface area contributed by atoms with Crippen LogP contribution in [0.3, 0.4) is 0 Å². The number of thiocarbonyl (C=S) groups is 1. The van der Waals surface area contributed by atoms with Crippen molar-refractivity contribution in [2.45, 2.75) is 50.2 Å². The van der Waals surface area contributed by atoms with Gasteiger partial charge in [-0.3, -0.25) is 4.98 Å². The molecule has 1 aliphatic carbocycles. The van der Waals surface area contributed by atoms with Crippen LogP contribution in [0.15, 0.2) is 67.1 Å². The Balaban J connectivity index is 1.33. The van der Waals surface area contributed by atoms with Crippen LogP contribution in [0.25, 0.3) is 0 Å². The summed E-state index contributed by atoms with van der Waals surface area (Å²) in [5.74, 6) is 0. The lowest BCUT2D eigenvalue weighted by atomic mass is 9.95. The molecule has 3 aromatic rings. The molecule has 0 spiro atoms. The molecule has 0 unspecified atom stereocenters. The molecule has 6 nitrogen and oxygen atoms in total. The van der Waals surface area contributed by atoms with Gasteiger partial charge >= 0.3 is 0 Å². The summed E-state index contributed by atoms with van der Waals surface area (Å²) in [5.41, 5.74) is 4.62. The van der Waals surface area contributed by atoms with Crippen LogP contribution >= 0.6 is 12.2 Å². The van der Waals surface area contributed by atoms with Crippen molar-refractivity contribution in [2.24, 2.45) is 0 Å². The fourth-order valence-electron chi connectivity index (χ4n) is 5.83. The van der Waals surface area contributed by atoms with Crippen LogP contribution in [0.1, 0.15) is 61.5 Å². The lowest BCUT2D eigenvalue weighted by Crippen LogP contribution is -2.36. The summed E-state index contributed by atoms with van der Waals surface area (Å²) in [6.07, 6.45) is 13.0. The highest BCUT2D eigenvalue weighted by atomic mass is 32.1. The van der Waals surface area contributed by atoms with E-state index in [0.717, 1.165) is 42.8 Å². The molecule has 2 aliphatic heterocycles. The lowest BCUT2D eigenvalue weighted by molar-refractivity contribution is 0.122. The Morgan fingerprint density at radius 2 is 1.69 bits per heavy atom. The van der Waals surface area contributed by atoms with E-state index in [-0.39, 0.29) is 12.1 Å². The normalized spacial score (nSPS) is 23.5. The lowest BCUT2D eigenvalue weighted by Gasteiger charge is -2.30. The van der Waals surface area contributed by atoms with Crippen LogP contribution in [0.4, 0.5) is 11.4 Å². The third-order valence-corrected chi connectivity index (χ3v) is 7.99. The van der Waals surface area contributed by atoms with Crippen molar-refractivity contribution in [1.82, 2.24) is 14.9 Å². The van der Waals surface area contributed by atoms with Crippen LogP contribution in [0.5, 0.6) is 0 Å². The molecule has 35 heavy (non-hydrogen) atoms. The Hall–Kier alpha value is -2.90. The highest BCUT2D eigenvalue weighted by molar-refractivity contribution is 7.80. The van der Waals surface area contributed by atoms with Gasteiger partial charge in [0, 0.05) is 49.1 Å². The molecule has 2 atom stereocenters. The smallest absolute Gasteiger partial charge is 0.174 e. The maximum Gasteiger partial charge on any atom is 0.174 e. The number of benzene rings is 1. The van der Waals surface area contributed by atoms with Crippen LogP contribution < -0.4 is 15.1 Å². The van der Waals surface area contributed by atoms with Gasteiger partial charge in [-0.25, -0.2) is 0 Å². The first-order valence-corrected chi connectivity index (χ1v) is 13.3. The average molecular weight is 488 g/mol. The SMILES string of the molecule is S=C1N[C@@H](c2ccccn2)[C@H](c2ccn(C3CCCCC3)c2)N1c1ccc(N2CCOCC2)cc1. The molecule has 6 rings (SSSR count). The van der Waals surface area contributed by atoms with Crippen molar-refractivity contribution in [3.05, 3.63) is 78.4 Å². The van der Waals surface area contributed by atoms with E-state index >= 15 is 0 Å². The second-order valence-corrected chi connectivity index (χ2v) is 10.2. The summed E-state index contributed by atoms with van der Waals surface area (Å²) in [4.78, 5) is 9.35. The Morgan fingerprint density at radius 3 is 2.43 bits per heavy atom. The molecule has 7 heteroatoms. The molecule has 1 saturated carbocycles. The third-order valence-electron chi connectivity index (χ3n) is 7.68. The second kappa shape index (κ2) is 9.99. The van der Waals surface area contributed by atoms with E-state index in [9.17, 15) is 0 Å². The molecule has 4 heterocycles. The molecule has 0 bridgehead atoms. The molecule has 3 aliphatic rings. The van der Waals surface area contributed by atoms with Gasteiger partial charge in [-0.1, -0.05) is 25.3 Å². The molecular weight excluding hydrogens is 454 g/mol. The summed E-state index contributed by atoms with van der Waals surface area (Å²) < 4.78 is 7.96. The topological polar surface area (TPSA) is 45.6 Å². The fraction of sp³-hybridized carbons (Fsp3) is 0.429. The van der Waals surface area contributed by atoms with Crippen molar-refractivity contribution in [1.29, 1.82) is 0 Å². The van der Waals surface area contributed by atoms with Gasteiger partial charge in [0.15, 0.2) is 5.11 Å². The molecule has 0 radical (unpaired) electrons. The Labute approximate surface area is 212 Å². The predicted molar refractivity (Wildman–Crippen MR) is 144 cm³/mol. The van der Waals surface area contributed by atoms with Gasteiger partial charge in [-0.2, -0.15) is 0 Å². The summed E-state index contributed by atoms with van der Waals surface area (Å²) in [5, 5.41) is 4.34. The number of rotatable bonds is 5. The van der Waals surface area contributed by atoms with Crippen LogP contribution in [0.2, 0.25) is 0 Å². The highest BCUT2D eigenvalue weighted by Gasteiger charge is 2.41. The zero-order chi connectivity index (χ0) is 23.6. The van der Waals surface area contributed by atoms with Crippen LogP contribution in [0, 0.1) is 0 Å². The number of ether oxygens (including phenoxy) is 1. The van der Waals surface area contributed by atoms with Gasteiger partial charge < -0.3 is 24.4 Å². The number of pyridine rings is 1. The predicted octanol–water partition coefficient (Wildman–Crippen LogP) is 5.40. The molecule has 182 valence electrons. The van der Waals surface area contributed by atoms with Crippen molar-refractivity contribution in [3.8, 4) is 0 Å². The van der Waals surface area contributed by atoms with Crippen LogP contribution in [-0.4, -0.2) is 41.0 Å². The van der Waals surface area contributed by atoms with Gasteiger partial charge in [-0.15, -0.1) is 0 Å². The van der Waals surface area contributed by atoms with E-state index in [4.69, 9.17) is 21.9 Å². The number of hydrogen-bond acceptors (Lipinski definition) is 4. The van der Waals surface area contributed by atoms with Gasteiger partial charge in [0.1, 0.15) is 0 Å². The van der Waals surface area contributed by atoms with E-state index in [1.54, 1.807) is 0 Å². The van der Waals surface area contributed by atoms with Crippen molar-refractivity contribution < 1.29 is 4.74 Å². The molecular formula is C28H33N5OS. The summed E-state index contributed by atoms with van der Waals surface area (Å²) in [7, 11) is 0. The second-order valence-electron chi connectivity index (χ2n) is 9.80. The maximum absolute atomic E-state index is 5.92. The van der Waals surface area contributed by atoms with E-state index in [1.165, 1.54) is 43.4 Å². The Morgan fingerprint density at radius 1 is 0.914 bits per heavy atom. The zero-order valence-corrected chi connectivity index (χ0v) is 20.9. The number of nitrogens with one attached hydrogen (secondary N) is 1. The summed E-state index contributed by atoms with van der Waals surface area (Å²) in [6.45, 7) is 3.44. The van der Waals surface area contributed by atoms with E-state index in [1.807, 2.05) is 12.3 Å². The quantitative estimate of drug-likeness (QED) is 0.486. The van der Waals surface area contributed by atoms with Crippen molar-refractivity contribution in [2.75, 3.05) is 36.1 Å².